The summed E-state index contributed by atoms with van der Waals surface area (Å²) in [5, 5.41) is 6.83. The second kappa shape index (κ2) is 3.62. The Hall–Kier alpha value is -1.02. The molecule has 1 fully saturated rings. The number of hydrogen-bond acceptors (Lipinski definition) is 2. The first-order valence-electron chi connectivity index (χ1n) is 5.27. The first kappa shape index (κ1) is 9.53. The van der Waals surface area contributed by atoms with Gasteiger partial charge in [0, 0.05) is 17.7 Å². The first-order valence-corrected chi connectivity index (χ1v) is 5.27. The highest BCUT2D eigenvalue weighted by Gasteiger charge is 2.39. The third kappa shape index (κ3) is 1.30. The van der Waals surface area contributed by atoms with E-state index in [-0.39, 0.29) is 0 Å². The zero-order valence-electron chi connectivity index (χ0n) is 8.60. The lowest BCUT2D eigenvalue weighted by atomic mass is 9.74. The van der Waals surface area contributed by atoms with E-state index in [0.717, 1.165) is 19.6 Å². The molecule has 2 heteroatoms. The summed E-state index contributed by atoms with van der Waals surface area (Å²) in [6.07, 6.45) is 6.33. The molecule has 0 aliphatic carbocycles. The minimum atomic E-state index is 0.330. The average Bonchev–Trinajstić information content (AvgIpc) is 2.57. The monoisotopic (exact) mass is 190 g/mol. The lowest BCUT2D eigenvalue weighted by Crippen LogP contribution is -2.39. The van der Waals surface area contributed by atoms with E-state index in [1.165, 1.54) is 24.1 Å². The number of rotatable bonds is 2. The Kier molecular flexibility index (Phi) is 2.46. The van der Waals surface area contributed by atoms with Crippen molar-refractivity contribution in [2.75, 3.05) is 19.6 Å². The molecule has 2 N–H and O–H groups in total. The predicted octanol–water partition coefficient (Wildman–Crippen LogP) is 1.59. The van der Waals surface area contributed by atoms with E-state index in [1.54, 1.807) is 0 Å². The molecule has 2 aliphatic heterocycles. The molecule has 0 amide bonds. The second-order valence-corrected chi connectivity index (χ2v) is 4.12. The Bertz CT molecular complexity index is 283. The smallest absolute Gasteiger partial charge is 0.0373 e. The molecule has 0 aromatic carbocycles. The minimum absolute atomic E-state index is 0.330. The minimum Gasteiger partial charge on any atom is -0.384 e. The van der Waals surface area contributed by atoms with Gasteiger partial charge in [-0.1, -0.05) is 19.2 Å². The van der Waals surface area contributed by atoms with Crippen molar-refractivity contribution in [2.45, 2.75) is 12.8 Å². The Balaban J connectivity index is 2.32. The molecule has 0 bridgehead atoms. The summed E-state index contributed by atoms with van der Waals surface area (Å²) in [7, 11) is 0. The van der Waals surface area contributed by atoms with E-state index < -0.39 is 0 Å². The molecule has 2 rings (SSSR count). The molecule has 0 atom stereocenters. The molecular formula is C12H18N2. The molecule has 2 heterocycles. The average molecular weight is 190 g/mol. The Labute approximate surface area is 85.8 Å². The van der Waals surface area contributed by atoms with Gasteiger partial charge >= 0.3 is 0 Å². The van der Waals surface area contributed by atoms with E-state index in [0.29, 0.717) is 5.41 Å². The molecule has 1 spiro atoms. The molecule has 76 valence electrons. The van der Waals surface area contributed by atoms with Crippen LogP contribution in [0.1, 0.15) is 12.8 Å². The number of allylic oxidation sites excluding steroid dienone is 2. The van der Waals surface area contributed by atoms with Crippen LogP contribution in [-0.2, 0) is 0 Å². The van der Waals surface area contributed by atoms with Gasteiger partial charge in [-0.25, -0.2) is 0 Å². The van der Waals surface area contributed by atoms with Crippen molar-refractivity contribution in [2.24, 2.45) is 5.41 Å². The van der Waals surface area contributed by atoms with Gasteiger partial charge in [0.15, 0.2) is 0 Å². The van der Waals surface area contributed by atoms with E-state index in [4.69, 9.17) is 0 Å². The SMILES string of the molecule is C=CC1=C(C=C)C2(CCNCC2)CN1. The molecule has 14 heavy (non-hydrogen) atoms. The van der Waals surface area contributed by atoms with Crippen LogP contribution < -0.4 is 10.6 Å². The van der Waals surface area contributed by atoms with Crippen LogP contribution in [0.3, 0.4) is 0 Å². The molecule has 0 radical (unpaired) electrons. The van der Waals surface area contributed by atoms with Gasteiger partial charge in [0.2, 0.25) is 0 Å². The molecule has 1 saturated heterocycles. The second-order valence-electron chi connectivity index (χ2n) is 4.12. The highest BCUT2D eigenvalue weighted by atomic mass is 15.0. The van der Waals surface area contributed by atoms with Crippen LogP contribution in [0, 0.1) is 5.41 Å². The molecule has 0 aromatic rings. The molecule has 0 unspecified atom stereocenters. The molecular weight excluding hydrogens is 172 g/mol. The Morgan fingerprint density at radius 2 is 1.86 bits per heavy atom. The summed E-state index contributed by atoms with van der Waals surface area (Å²) in [5.41, 5.74) is 2.88. The van der Waals surface area contributed by atoms with Gasteiger partial charge in [-0.15, -0.1) is 0 Å². The Morgan fingerprint density at radius 1 is 1.14 bits per heavy atom. The molecule has 2 nitrogen and oxygen atoms in total. The lowest BCUT2D eigenvalue weighted by Gasteiger charge is -2.34. The van der Waals surface area contributed by atoms with Crippen molar-refractivity contribution >= 4 is 0 Å². The number of piperidine rings is 1. The lowest BCUT2D eigenvalue weighted by molar-refractivity contribution is 0.273. The maximum atomic E-state index is 3.92. The number of nitrogens with one attached hydrogen (secondary N) is 2. The number of hydrogen-bond donors (Lipinski definition) is 2. The van der Waals surface area contributed by atoms with Gasteiger partial charge in [-0.2, -0.15) is 0 Å². The highest BCUT2D eigenvalue weighted by molar-refractivity contribution is 5.40. The summed E-state index contributed by atoms with van der Waals surface area (Å²) in [6, 6.07) is 0. The van der Waals surface area contributed by atoms with Crippen molar-refractivity contribution in [3.05, 3.63) is 36.6 Å². The van der Waals surface area contributed by atoms with Gasteiger partial charge in [0.05, 0.1) is 0 Å². The highest BCUT2D eigenvalue weighted by Crippen LogP contribution is 2.41. The Morgan fingerprint density at radius 3 is 2.43 bits per heavy atom. The van der Waals surface area contributed by atoms with Gasteiger partial charge in [0.25, 0.3) is 0 Å². The fraction of sp³-hybridized carbons (Fsp3) is 0.500. The van der Waals surface area contributed by atoms with Crippen molar-refractivity contribution in [3.8, 4) is 0 Å². The van der Waals surface area contributed by atoms with Crippen LogP contribution in [0.4, 0.5) is 0 Å². The summed E-state index contributed by atoms with van der Waals surface area (Å²) < 4.78 is 0. The predicted molar refractivity (Wildman–Crippen MR) is 60.0 cm³/mol. The maximum Gasteiger partial charge on any atom is 0.0373 e. The summed E-state index contributed by atoms with van der Waals surface area (Å²) in [4.78, 5) is 0. The van der Waals surface area contributed by atoms with Gasteiger partial charge in [-0.05, 0) is 37.6 Å². The largest absolute Gasteiger partial charge is 0.384 e. The van der Waals surface area contributed by atoms with Gasteiger partial charge in [-0.3, -0.25) is 0 Å². The van der Waals surface area contributed by atoms with Crippen LogP contribution in [0.5, 0.6) is 0 Å². The van der Waals surface area contributed by atoms with Crippen LogP contribution in [0.15, 0.2) is 36.6 Å². The van der Waals surface area contributed by atoms with Crippen molar-refractivity contribution < 1.29 is 0 Å². The van der Waals surface area contributed by atoms with Crippen LogP contribution in [0.25, 0.3) is 0 Å². The van der Waals surface area contributed by atoms with Crippen molar-refractivity contribution in [3.63, 3.8) is 0 Å². The van der Waals surface area contributed by atoms with E-state index in [9.17, 15) is 0 Å². The van der Waals surface area contributed by atoms with Crippen molar-refractivity contribution in [1.29, 1.82) is 0 Å². The molecule has 2 aliphatic rings. The summed E-state index contributed by atoms with van der Waals surface area (Å²) in [6.45, 7) is 11.0. The summed E-state index contributed by atoms with van der Waals surface area (Å²) in [5.74, 6) is 0. The third-order valence-corrected chi connectivity index (χ3v) is 3.45. The quantitative estimate of drug-likeness (QED) is 0.691. The standard InChI is InChI=1S/C12H18N2/c1-3-10-11(4-2)14-9-12(10)5-7-13-8-6-12/h3-4,13-14H,1-2,5-9H2. The van der Waals surface area contributed by atoms with Gasteiger partial charge in [0.1, 0.15) is 0 Å². The van der Waals surface area contributed by atoms with Crippen LogP contribution in [-0.4, -0.2) is 19.6 Å². The van der Waals surface area contributed by atoms with E-state index >= 15 is 0 Å². The fourth-order valence-corrected chi connectivity index (χ4v) is 2.60. The normalized spacial score (nSPS) is 24.9. The van der Waals surface area contributed by atoms with Gasteiger partial charge < -0.3 is 10.6 Å². The van der Waals surface area contributed by atoms with E-state index in [1.807, 2.05) is 12.2 Å². The first-order chi connectivity index (χ1) is 6.82. The van der Waals surface area contributed by atoms with Crippen LogP contribution in [0.2, 0.25) is 0 Å². The summed E-state index contributed by atoms with van der Waals surface area (Å²) >= 11 is 0. The maximum absolute atomic E-state index is 3.92. The van der Waals surface area contributed by atoms with E-state index in [2.05, 4.69) is 23.8 Å². The zero-order valence-corrected chi connectivity index (χ0v) is 8.60. The van der Waals surface area contributed by atoms with Crippen LogP contribution >= 0.6 is 0 Å². The third-order valence-electron chi connectivity index (χ3n) is 3.45. The zero-order chi connectivity index (χ0) is 10.0. The van der Waals surface area contributed by atoms with Crippen molar-refractivity contribution in [1.82, 2.24) is 10.6 Å². The molecule has 0 aromatic heterocycles. The molecule has 0 saturated carbocycles. The topological polar surface area (TPSA) is 24.1 Å². The fourth-order valence-electron chi connectivity index (χ4n) is 2.60.